The fourth-order valence-electron chi connectivity index (χ4n) is 3.36. The predicted octanol–water partition coefficient (Wildman–Crippen LogP) is 4.94. The van der Waals surface area contributed by atoms with E-state index in [1.165, 1.54) is 6.07 Å². The summed E-state index contributed by atoms with van der Waals surface area (Å²) in [6.45, 7) is 0.486. The summed E-state index contributed by atoms with van der Waals surface area (Å²) in [5, 5.41) is 3.10. The summed E-state index contributed by atoms with van der Waals surface area (Å²) in [5.74, 6) is 1.35. The molecule has 1 aliphatic rings. The average Bonchev–Trinajstić information content (AvgIpc) is 3.08. The van der Waals surface area contributed by atoms with E-state index in [-0.39, 0.29) is 28.8 Å². The van der Waals surface area contributed by atoms with Gasteiger partial charge < -0.3 is 15.0 Å². The van der Waals surface area contributed by atoms with Gasteiger partial charge in [0.1, 0.15) is 5.82 Å². The normalized spacial score (nSPS) is 19.9. The van der Waals surface area contributed by atoms with Crippen molar-refractivity contribution in [1.29, 1.82) is 0 Å². The largest absolute Gasteiger partial charge is 0.475 e. The Labute approximate surface area is 169 Å². The molecule has 2 N–H and O–H groups in total. The van der Waals surface area contributed by atoms with Crippen LogP contribution in [0, 0.1) is 5.92 Å². The van der Waals surface area contributed by atoms with E-state index in [1.54, 1.807) is 13.0 Å². The minimum atomic E-state index is -4.37. The first-order valence-electron chi connectivity index (χ1n) is 9.32. The van der Waals surface area contributed by atoms with Crippen LogP contribution in [0.25, 0.3) is 11.0 Å². The number of aromatic nitrogens is 2. The second-order valence-corrected chi connectivity index (χ2v) is 8.37. The highest BCUT2D eigenvalue weighted by Gasteiger charge is 2.42. The third kappa shape index (κ3) is 4.90. The fraction of sp³-hybridized carbons (Fsp3) is 0.400. The van der Waals surface area contributed by atoms with Crippen LogP contribution in [0.5, 0.6) is 5.06 Å². The standard InChI is InChI=1S/C20H20F3N3O2S/c1-11(16-6-7-18(29-16)28-10-20(21,22)23)24-17(27)9-12-8-13(12)19-25-14-4-2-3-5-15(14)26-19/h2-7,11-13H,8-10H2,1H3,(H,24,27)(H,25,26)/t11-,12-,13-/m1/s1. The van der Waals surface area contributed by atoms with Gasteiger partial charge in [-0.1, -0.05) is 12.1 Å². The Morgan fingerprint density at radius 2 is 2.14 bits per heavy atom. The topological polar surface area (TPSA) is 67.0 Å². The summed E-state index contributed by atoms with van der Waals surface area (Å²) in [5.41, 5.74) is 1.92. The number of ether oxygens (including phenoxy) is 1. The lowest BCUT2D eigenvalue weighted by molar-refractivity contribution is -0.152. The summed E-state index contributed by atoms with van der Waals surface area (Å²) in [6.07, 6.45) is -3.06. The Morgan fingerprint density at radius 1 is 1.34 bits per heavy atom. The quantitative estimate of drug-likeness (QED) is 0.566. The second kappa shape index (κ2) is 7.70. The molecule has 0 spiro atoms. The molecule has 3 aromatic rings. The Balaban J connectivity index is 1.27. The Kier molecular flexibility index (Phi) is 5.24. The number of rotatable bonds is 7. The van der Waals surface area contributed by atoms with Gasteiger partial charge >= 0.3 is 6.18 Å². The van der Waals surface area contributed by atoms with Gasteiger partial charge in [-0.3, -0.25) is 4.79 Å². The van der Waals surface area contributed by atoms with E-state index in [9.17, 15) is 18.0 Å². The summed E-state index contributed by atoms with van der Waals surface area (Å²) in [4.78, 5) is 21.0. The van der Waals surface area contributed by atoms with E-state index in [2.05, 4.69) is 15.3 Å². The lowest BCUT2D eigenvalue weighted by Crippen LogP contribution is -2.26. The first-order chi connectivity index (χ1) is 13.8. The van der Waals surface area contributed by atoms with Crippen LogP contribution in [0.1, 0.15) is 42.4 Å². The van der Waals surface area contributed by atoms with Crippen LogP contribution in [0.15, 0.2) is 36.4 Å². The molecule has 0 radical (unpaired) electrons. The molecule has 1 amide bonds. The zero-order valence-electron chi connectivity index (χ0n) is 15.6. The molecule has 4 rings (SSSR count). The number of benzene rings is 1. The zero-order valence-corrected chi connectivity index (χ0v) is 16.4. The van der Waals surface area contributed by atoms with Crippen LogP contribution in [0.3, 0.4) is 0 Å². The summed E-state index contributed by atoms with van der Waals surface area (Å²) < 4.78 is 41.4. The van der Waals surface area contributed by atoms with Gasteiger partial charge in [-0.2, -0.15) is 13.2 Å². The highest BCUT2D eigenvalue weighted by Crippen LogP contribution is 2.48. The van der Waals surface area contributed by atoms with Crippen molar-refractivity contribution in [2.24, 2.45) is 5.92 Å². The van der Waals surface area contributed by atoms with Crippen molar-refractivity contribution >= 4 is 28.3 Å². The molecule has 0 aliphatic heterocycles. The number of H-pyrrole nitrogens is 1. The van der Waals surface area contributed by atoms with Crippen LogP contribution >= 0.6 is 11.3 Å². The number of halogens is 3. The molecule has 154 valence electrons. The Bertz CT molecular complexity index is 981. The molecule has 1 fully saturated rings. The Hall–Kier alpha value is -2.55. The number of nitrogens with zero attached hydrogens (tertiary/aromatic N) is 1. The number of hydrogen-bond donors (Lipinski definition) is 2. The van der Waals surface area contributed by atoms with Gasteiger partial charge in [-0.25, -0.2) is 4.98 Å². The van der Waals surface area contributed by atoms with Crippen molar-refractivity contribution < 1.29 is 22.7 Å². The molecule has 3 atom stereocenters. The number of para-hydroxylation sites is 2. The number of fused-ring (bicyclic) bond motifs is 1. The van der Waals surface area contributed by atoms with Crippen molar-refractivity contribution in [1.82, 2.24) is 15.3 Å². The van der Waals surface area contributed by atoms with E-state index in [4.69, 9.17) is 4.74 Å². The molecule has 2 aromatic heterocycles. The van der Waals surface area contributed by atoms with E-state index in [1.807, 2.05) is 24.3 Å². The fourth-order valence-corrected chi connectivity index (χ4v) is 4.22. The number of carbonyl (C=O) groups is 1. The molecular formula is C20H20F3N3O2S. The molecule has 1 aromatic carbocycles. The van der Waals surface area contributed by atoms with Gasteiger partial charge in [-0.05, 0) is 43.5 Å². The van der Waals surface area contributed by atoms with Gasteiger partial charge in [0.2, 0.25) is 5.91 Å². The summed E-state index contributed by atoms with van der Waals surface area (Å²) >= 11 is 1.11. The number of thiophene rings is 1. The molecule has 9 heteroatoms. The predicted molar refractivity (Wildman–Crippen MR) is 104 cm³/mol. The monoisotopic (exact) mass is 423 g/mol. The van der Waals surface area contributed by atoms with Crippen molar-refractivity contribution in [2.45, 2.75) is 37.9 Å². The smallest absolute Gasteiger partial charge is 0.422 e. The number of aromatic amines is 1. The second-order valence-electron chi connectivity index (χ2n) is 7.30. The zero-order chi connectivity index (χ0) is 20.6. The third-order valence-electron chi connectivity index (χ3n) is 4.91. The minimum Gasteiger partial charge on any atom is -0.475 e. The van der Waals surface area contributed by atoms with E-state index < -0.39 is 12.8 Å². The molecule has 2 heterocycles. The number of alkyl halides is 3. The van der Waals surface area contributed by atoms with Crippen molar-refractivity contribution in [3.8, 4) is 5.06 Å². The SMILES string of the molecule is C[C@@H](NC(=O)C[C@H]1C[C@H]1c1nc2ccccc2[nH]1)c1ccc(OCC(F)(F)F)s1. The Morgan fingerprint density at radius 3 is 2.90 bits per heavy atom. The van der Waals surface area contributed by atoms with Crippen LogP contribution in [0.4, 0.5) is 13.2 Å². The summed E-state index contributed by atoms with van der Waals surface area (Å²) in [7, 11) is 0. The van der Waals surface area contributed by atoms with Gasteiger partial charge in [0.15, 0.2) is 11.7 Å². The number of hydrogen-bond acceptors (Lipinski definition) is 4. The molecule has 1 saturated carbocycles. The van der Waals surface area contributed by atoms with Crippen LogP contribution in [-0.4, -0.2) is 28.7 Å². The van der Waals surface area contributed by atoms with Crippen LogP contribution in [-0.2, 0) is 4.79 Å². The number of carbonyl (C=O) groups excluding carboxylic acids is 1. The molecule has 1 aliphatic carbocycles. The van der Waals surface area contributed by atoms with Crippen LogP contribution in [0.2, 0.25) is 0 Å². The molecule has 0 unspecified atom stereocenters. The molecule has 5 nitrogen and oxygen atoms in total. The maximum absolute atomic E-state index is 12.4. The first-order valence-corrected chi connectivity index (χ1v) is 10.1. The minimum absolute atomic E-state index is 0.0766. The first kappa shape index (κ1) is 19.8. The summed E-state index contributed by atoms with van der Waals surface area (Å²) in [6, 6.07) is 10.7. The van der Waals surface area contributed by atoms with Crippen molar-refractivity contribution in [2.75, 3.05) is 6.61 Å². The van der Waals surface area contributed by atoms with Crippen LogP contribution < -0.4 is 10.1 Å². The van der Waals surface area contributed by atoms with Gasteiger partial charge in [0.05, 0.1) is 17.1 Å². The van der Waals surface area contributed by atoms with Gasteiger partial charge in [0.25, 0.3) is 0 Å². The lowest BCUT2D eigenvalue weighted by Gasteiger charge is -2.12. The molecule has 0 saturated heterocycles. The highest BCUT2D eigenvalue weighted by molar-refractivity contribution is 7.13. The third-order valence-corrected chi connectivity index (χ3v) is 6.09. The molecule has 29 heavy (non-hydrogen) atoms. The number of amides is 1. The lowest BCUT2D eigenvalue weighted by atomic mass is 10.2. The number of nitrogens with one attached hydrogen (secondary N) is 2. The van der Waals surface area contributed by atoms with E-state index >= 15 is 0 Å². The van der Waals surface area contributed by atoms with Crippen molar-refractivity contribution in [3.05, 3.63) is 47.1 Å². The van der Waals surface area contributed by atoms with Crippen molar-refractivity contribution in [3.63, 3.8) is 0 Å². The van der Waals surface area contributed by atoms with Gasteiger partial charge in [0, 0.05) is 17.2 Å². The molecule has 0 bridgehead atoms. The maximum Gasteiger partial charge on any atom is 0.422 e. The van der Waals surface area contributed by atoms with Gasteiger partial charge in [-0.15, -0.1) is 11.3 Å². The van der Waals surface area contributed by atoms with E-state index in [0.717, 1.165) is 39.5 Å². The van der Waals surface area contributed by atoms with E-state index in [0.29, 0.717) is 6.42 Å². The maximum atomic E-state index is 12.4. The number of imidazole rings is 1. The highest BCUT2D eigenvalue weighted by atomic mass is 32.1. The molecular weight excluding hydrogens is 403 g/mol. The average molecular weight is 423 g/mol.